The number of benzene rings is 3. The second-order valence-electron chi connectivity index (χ2n) is 7.26. The van der Waals surface area contributed by atoms with Gasteiger partial charge in [0.15, 0.2) is 11.5 Å². The van der Waals surface area contributed by atoms with E-state index in [4.69, 9.17) is 37.4 Å². The molecule has 0 spiro atoms. The zero-order chi connectivity index (χ0) is 24.8. The predicted molar refractivity (Wildman–Crippen MR) is 136 cm³/mol. The molecule has 1 heterocycles. The molecule has 3 aromatic rings. The van der Waals surface area contributed by atoms with Crippen LogP contribution in [0.25, 0.3) is 0 Å². The number of ether oxygens (including phenoxy) is 3. The molecule has 8 nitrogen and oxygen atoms in total. The summed E-state index contributed by atoms with van der Waals surface area (Å²) < 4.78 is 17.0. The first-order chi connectivity index (χ1) is 16.9. The Balaban J connectivity index is 1.24. The summed E-state index contributed by atoms with van der Waals surface area (Å²) in [5.74, 6) is 0.786. The maximum absolute atomic E-state index is 12.2. The molecule has 35 heavy (non-hydrogen) atoms. The molecule has 0 bridgehead atoms. The van der Waals surface area contributed by atoms with Crippen LogP contribution in [0.3, 0.4) is 0 Å². The van der Waals surface area contributed by atoms with E-state index < -0.39 is 11.8 Å². The van der Waals surface area contributed by atoms with Gasteiger partial charge < -0.3 is 19.5 Å². The van der Waals surface area contributed by atoms with Crippen LogP contribution in [0, 0.1) is 0 Å². The van der Waals surface area contributed by atoms with Crippen LogP contribution in [0.15, 0.2) is 64.2 Å². The van der Waals surface area contributed by atoms with E-state index in [1.165, 1.54) is 6.21 Å². The molecule has 1 aliphatic rings. The highest BCUT2D eigenvalue weighted by atomic mass is 79.9. The molecule has 0 unspecified atom stereocenters. The lowest BCUT2D eigenvalue weighted by molar-refractivity contribution is -0.120. The maximum Gasteiger partial charge on any atom is 0.259 e. The molecule has 11 heteroatoms. The molecule has 0 saturated carbocycles. The van der Waals surface area contributed by atoms with Crippen molar-refractivity contribution in [2.24, 2.45) is 5.10 Å². The Hall–Kier alpha value is -3.27. The third-order valence-electron chi connectivity index (χ3n) is 4.80. The van der Waals surface area contributed by atoms with Crippen molar-refractivity contribution < 1.29 is 23.8 Å². The van der Waals surface area contributed by atoms with E-state index in [1.807, 2.05) is 0 Å². The van der Waals surface area contributed by atoms with Crippen molar-refractivity contribution in [1.82, 2.24) is 10.7 Å². The van der Waals surface area contributed by atoms with E-state index >= 15 is 0 Å². The van der Waals surface area contributed by atoms with Crippen molar-refractivity contribution in [2.45, 2.75) is 6.61 Å². The van der Waals surface area contributed by atoms with Gasteiger partial charge in [-0.2, -0.15) is 5.10 Å². The Morgan fingerprint density at radius 2 is 1.89 bits per heavy atom. The molecule has 0 fully saturated rings. The fourth-order valence-electron chi connectivity index (χ4n) is 3.03. The number of rotatable bonds is 8. The summed E-state index contributed by atoms with van der Waals surface area (Å²) in [5.41, 5.74) is 4.26. The van der Waals surface area contributed by atoms with Crippen LogP contribution in [-0.4, -0.2) is 31.4 Å². The number of hydrogen-bond donors (Lipinski definition) is 2. The Morgan fingerprint density at radius 1 is 1.06 bits per heavy atom. The summed E-state index contributed by atoms with van der Waals surface area (Å²) >= 11 is 15.5. The van der Waals surface area contributed by atoms with Crippen LogP contribution in [0.5, 0.6) is 17.2 Å². The third kappa shape index (κ3) is 6.66. The van der Waals surface area contributed by atoms with E-state index in [0.717, 1.165) is 11.1 Å². The van der Waals surface area contributed by atoms with Crippen molar-refractivity contribution in [3.8, 4) is 17.2 Å². The Morgan fingerprint density at radius 3 is 2.69 bits per heavy atom. The molecule has 180 valence electrons. The molecule has 4 rings (SSSR count). The van der Waals surface area contributed by atoms with Crippen molar-refractivity contribution >= 4 is 57.2 Å². The standard InChI is InChI=1S/C24H18BrCl2N3O5/c25-18-7-14(1-5-20(18)33-12-16-2-4-17(26)9-19(16)27)10-29-30-23(31)11-28-24(32)15-3-6-21-22(8-15)35-13-34-21/h1-10H,11-13H2,(H,28,32)(H,30,31)/b29-10+. The first-order valence-corrected chi connectivity index (χ1v) is 11.8. The van der Waals surface area contributed by atoms with E-state index in [9.17, 15) is 9.59 Å². The van der Waals surface area contributed by atoms with E-state index in [-0.39, 0.29) is 19.9 Å². The molecule has 0 aliphatic carbocycles. The summed E-state index contributed by atoms with van der Waals surface area (Å²) in [6.07, 6.45) is 1.47. The van der Waals surface area contributed by atoms with Gasteiger partial charge >= 0.3 is 0 Å². The summed E-state index contributed by atoms with van der Waals surface area (Å²) in [7, 11) is 0. The average molecular weight is 579 g/mol. The third-order valence-corrected chi connectivity index (χ3v) is 6.01. The number of nitrogens with zero attached hydrogens (tertiary/aromatic N) is 1. The van der Waals surface area contributed by atoms with Gasteiger partial charge in [-0.25, -0.2) is 5.43 Å². The number of nitrogens with one attached hydrogen (secondary N) is 2. The number of carbonyl (C=O) groups excluding carboxylic acids is 2. The number of carbonyl (C=O) groups is 2. The monoisotopic (exact) mass is 577 g/mol. The van der Waals surface area contributed by atoms with Gasteiger partial charge in [-0.15, -0.1) is 0 Å². The Labute approximate surface area is 219 Å². The zero-order valence-electron chi connectivity index (χ0n) is 18.0. The molecule has 0 saturated heterocycles. The lowest BCUT2D eigenvalue weighted by atomic mass is 10.2. The first kappa shape index (κ1) is 24.8. The molecule has 0 atom stereocenters. The number of amides is 2. The van der Waals surface area contributed by atoms with Gasteiger partial charge in [0.25, 0.3) is 11.8 Å². The number of hydrogen-bond acceptors (Lipinski definition) is 6. The molecule has 0 radical (unpaired) electrons. The zero-order valence-corrected chi connectivity index (χ0v) is 21.1. The lowest BCUT2D eigenvalue weighted by Crippen LogP contribution is -2.34. The minimum atomic E-state index is -0.478. The largest absolute Gasteiger partial charge is 0.488 e. The topological polar surface area (TPSA) is 98.3 Å². The van der Waals surface area contributed by atoms with Crippen LogP contribution in [-0.2, 0) is 11.4 Å². The van der Waals surface area contributed by atoms with E-state index in [2.05, 4.69) is 31.8 Å². The summed E-state index contributed by atoms with van der Waals surface area (Å²) in [5, 5.41) is 7.53. The molecule has 1 aliphatic heterocycles. The molecule has 2 N–H and O–H groups in total. The molecular weight excluding hydrogens is 561 g/mol. The lowest BCUT2D eigenvalue weighted by Gasteiger charge is -2.10. The van der Waals surface area contributed by atoms with Crippen LogP contribution in [0.4, 0.5) is 0 Å². The van der Waals surface area contributed by atoms with Gasteiger partial charge in [0, 0.05) is 21.2 Å². The number of hydrazone groups is 1. The maximum atomic E-state index is 12.2. The fourth-order valence-corrected chi connectivity index (χ4v) is 4.00. The van der Waals surface area contributed by atoms with E-state index in [1.54, 1.807) is 54.6 Å². The number of fused-ring (bicyclic) bond motifs is 1. The second kappa shape index (κ2) is 11.4. The molecular formula is C24H18BrCl2N3O5. The molecule has 3 aromatic carbocycles. The van der Waals surface area contributed by atoms with E-state index in [0.29, 0.717) is 37.3 Å². The van der Waals surface area contributed by atoms with Gasteiger partial charge in [0.2, 0.25) is 6.79 Å². The quantitative estimate of drug-likeness (QED) is 0.291. The average Bonchev–Trinajstić information content (AvgIpc) is 3.31. The summed E-state index contributed by atoms with van der Waals surface area (Å²) in [6, 6.07) is 15.3. The van der Waals surface area contributed by atoms with Crippen LogP contribution in [0.1, 0.15) is 21.5 Å². The minimum absolute atomic E-state index is 0.116. The van der Waals surface area contributed by atoms with Crippen molar-refractivity contribution in [3.05, 3.63) is 85.8 Å². The van der Waals surface area contributed by atoms with Crippen LogP contribution < -0.4 is 25.0 Å². The summed E-state index contributed by atoms with van der Waals surface area (Å²) in [4.78, 5) is 24.2. The Kier molecular flexibility index (Phi) is 8.12. The van der Waals surface area contributed by atoms with Crippen molar-refractivity contribution in [2.75, 3.05) is 13.3 Å². The summed E-state index contributed by atoms with van der Waals surface area (Å²) in [6.45, 7) is 0.149. The Bertz CT molecular complexity index is 1300. The van der Waals surface area contributed by atoms with Crippen LogP contribution in [0.2, 0.25) is 10.0 Å². The fraction of sp³-hybridized carbons (Fsp3) is 0.125. The molecule has 0 aromatic heterocycles. The molecule has 2 amide bonds. The normalized spacial score (nSPS) is 12.0. The highest BCUT2D eigenvalue weighted by Crippen LogP contribution is 2.32. The van der Waals surface area contributed by atoms with Gasteiger partial charge in [0.1, 0.15) is 12.4 Å². The SMILES string of the molecule is O=C(CNC(=O)c1ccc2c(c1)OCO2)N/N=C/c1ccc(OCc2ccc(Cl)cc2Cl)c(Br)c1. The second-order valence-corrected chi connectivity index (χ2v) is 8.96. The smallest absolute Gasteiger partial charge is 0.259 e. The minimum Gasteiger partial charge on any atom is -0.488 e. The van der Waals surface area contributed by atoms with Crippen LogP contribution >= 0.6 is 39.1 Å². The van der Waals surface area contributed by atoms with Gasteiger partial charge in [-0.1, -0.05) is 29.3 Å². The first-order valence-electron chi connectivity index (χ1n) is 10.2. The highest BCUT2D eigenvalue weighted by molar-refractivity contribution is 9.10. The van der Waals surface area contributed by atoms with Gasteiger partial charge in [-0.3, -0.25) is 9.59 Å². The van der Waals surface area contributed by atoms with Gasteiger partial charge in [0.05, 0.1) is 17.2 Å². The number of halogens is 3. The highest BCUT2D eigenvalue weighted by Gasteiger charge is 2.16. The predicted octanol–water partition coefficient (Wildman–Crippen LogP) is 4.94. The van der Waals surface area contributed by atoms with Crippen molar-refractivity contribution in [1.29, 1.82) is 0 Å². The van der Waals surface area contributed by atoms with Gasteiger partial charge in [-0.05, 0) is 70.0 Å². The van der Waals surface area contributed by atoms with Crippen molar-refractivity contribution in [3.63, 3.8) is 0 Å².